The zero-order valence-corrected chi connectivity index (χ0v) is 17.3. The first-order valence-electron chi connectivity index (χ1n) is 8.62. The number of nitrogens with one attached hydrogen (secondary N) is 1. The lowest BCUT2D eigenvalue weighted by Gasteiger charge is -2.11. The third-order valence-corrected chi connectivity index (χ3v) is 5.07. The number of anilines is 1. The fourth-order valence-corrected chi connectivity index (χ4v) is 3.32. The lowest BCUT2D eigenvalue weighted by molar-refractivity contribution is -0.384. The zero-order valence-electron chi connectivity index (χ0n) is 15.7. The molecule has 0 saturated carbocycles. The molecule has 7 nitrogen and oxygen atoms in total. The maximum atomic E-state index is 13.2. The first kappa shape index (κ1) is 23.4. The lowest BCUT2D eigenvalue weighted by Crippen LogP contribution is -2.15. The van der Waals surface area contributed by atoms with Crippen molar-refractivity contribution >= 4 is 40.6 Å². The van der Waals surface area contributed by atoms with Crippen LogP contribution in [-0.4, -0.2) is 26.6 Å². The van der Waals surface area contributed by atoms with E-state index in [-0.39, 0.29) is 38.6 Å². The minimum Gasteiger partial charge on any atom is -0.324 e. The van der Waals surface area contributed by atoms with Crippen LogP contribution in [0, 0.1) is 15.9 Å². The highest BCUT2D eigenvalue weighted by Crippen LogP contribution is 2.32. The number of thioether (sulfide) groups is 1. The van der Waals surface area contributed by atoms with Gasteiger partial charge < -0.3 is 5.32 Å². The Morgan fingerprint density at radius 1 is 1.12 bits per heavy atom. The van der Waals surface area contributed by atoms with E-state index in [0.29, 0.717) is 11.8 Å². The summed E-state index contributed by atoms with van der Waals surface area (Å²) in [4.78, 5) is 29.7. The molecule has 3 aromatic rings. The Morgan fingerprint density at radius 3 is 2.41 bits per heavy atom. The van der Waals surface area contributed by atoms with E-state index in [9.17, 15) is 32.5 Å². The number of alkyl halides is 3. The summed E-state index contributed by atoms with van der Waals surface area (Å²) < 4.78 is 52.9. The monoisotopic (exact) mass is 486 g/mol. The minimum absolute atomic E-state index is 0.0773. The molecule has 0 fully saturated rings. The molecule has 0 spiro atoms. The van der Waals surface area contributed by atoms with Gasteiger partial charge in [0.25, 0.3) is 5.69 Å². The van der Waals surface area contributed by atoms with Gasteiger partial charge in [-0.05, 0) is 36.4 Å². The normalized spacial score (nSPS) is 11.3. The van der Waals surface area contributed by atoms with E-state index in [1.807, 2.05) is 0 Å². The Bertz CT molecular complexity index is 1180. The maximum Gasteiger partial charge on any atom is 0.433 e. The topological polar surface area (TPSA) is 98.0 Å². The van der Waals surface area contributed by atoms with Crippen molar-refractivity contribution < 1.29 is 27.3 Å². The molecule has 13 heteroatoms. The minimum atomic E-state index is -4.76. The number of carbonyl (C=O) groups is 1. The molecule has 3 rings (SSSR count). The van der Waals surface area contributed by atoms with Crippen LogP contribution < -0.4 is 5.32 Å². The van der Waals surface area contributed by atoms with Crippen molar-refractivity contribution in [2.45, 2.75) is 11.3 Å². The number of rotatable bonds is 6. The van der Waals surface area contributed by atoms with Crippen LogP contribution in [0.15, 0.2) is 53.7 Å². The second-order valence-electron chi connectivity index (χ2n) is 6.18. The quantitative estimate of drug-likeness (QED) is 0.160. The molecule has 0 radical (unpaired) electrons. The summed E-state index contributed by atoms with van der Waals surface area (Å²) in [6, 6.07) is 8.86. The number of halogens is 5. The molecule has 1 N–H and O–H groups in total. The molecule has 32 heavy (non-hydrogen) atoms. The zero-order chi connectivity index (χ0) is 23.5. The van der Waals surface area contributed by atoms with Crippen LogP contribution >= 0.6 is 23.4 Å². The third kappa shape index (κ3) is 5.92. The summed E-state index contributed by atoms with van der Waals surface area (Å²) in [7, 11) is 0. The molecule has 2 aromatic carbocycles. The molecule has 1 heterocycles. The number of nitrogens with zero attached hydrogens (tertiary/aromatic N) is 3. The van der Waals surface area contributed by atoms with E-state index in [1.165, 1.54) is 18.2 Å². The first-order valence-corrected chi connectivity index (χ1v) is 9.98. The molecule has 0 bridgehead atoms. The smallest absolute Gasteiger partial charge is 0.324 e. The number of amides is 1. The number of non-ortho nitro benzene ring substituents is 1. The Morgan fingerprint density at radius 2 is 1.81 bits per heavy atom. The average Bonchev–Trinajstić information content (AvgIpc) is 2.73. The van der Waals surface area contributed by atoms with Gasteiger partial charge in [-0.2, -0.15) is 13.2 Å². The Balaban J connectivity index is 1.77. The maximum absolute atomic E-state index is 13.2. The van der Waals surface area contributed by atoms with E-state index in [1.54, 1.807) is 0 Å². The highest BCUT2D eigenvalue weighted by molar-refractivity contribution is 7.99. The van der Waals surface area contributed by atoms with Crippen LogP contribution in [0.4, 0.5) is 28.9 Å². The van der Waals surface area contributed by atoms with Crippen LogP contribution in [0.1, 0.15) is 5.69 Å². The number of hydrogen-bond donors (Lipinski definition) is 1. The Hall–Kier alpha value is -3.25. The number of nitro groups is 1. The van der Waals surface area contributed by atoms with Crippen molar-refractivity contribution in [3.63, 3.8) is 0 Å². The molecular formula is C19H11ClF4N4O3S. The van der Waals surface area contributed by atoms with Gasteiger partial charge in [0.05, 0.1) is 27.1 Å². The van der Waals surface area contributed by atoms with E-state index in [0.717, 1.165) is 30.3 Å². The number of carbonyl (C=O) groups excluding carboxylic acids is 1. The van der Waals surface area contributed by atoms with E-state index >= 15 is 0 Å². The van der Waals surface area contributed by atoms with Gasteiger partial charge in [0, 0.05) is 17.7 Å². The first-order chi connectivity index (χ1) is 15.0. The summed E-state index contributed by atoms with van der Waals surface area (Å²) in [5.41, 5.74) is -1.24. The Kier molecular flexibility index (Phi) is 6.94. The number of aromatic nitrogens is 2. The fraction of sp³-hybridized carbons (Fsp3) is 0.105. The number of hydrogen-bond acceptors (Lipinski definition) is 6. The molecule has 0 atom stereocenters. The molecule has 0 aliphatic carbocycles. The van der Waals surface area contributed by atoms with Crippen molar-refractivity contribution in [2.75, 3.05) is 11.1 Å². The highest BCUT2D eigenvalue weighted by atomic mass is 35.5. The van der Waals surface area contributed by atoms with Gasteiger partial charge in [0.15, 0.2) is 5.16 Å². The second kappa shape index (κ2) is 9.49. The van der Waals surface area contributed by atoms with E-state index < -0.39 is 28.5 Å². The van der Waals surface area contributed by atoms with Gasteiger partial charge in [-0.3, -0.25) is 14.9 Å². The van der Waals surface area contributed by atoms with Gasteiger partial charge in [-0.15, -0.1) is 0 Å². The molecule has 0 aliphatic heterocycles. The highest BCUT2D eigenvalue weighted by Gasteiger charge is 2.34. The molecule has 1 amide bonds. The van der Waals surface area contributed by atoms with Crippen molar-refractivity contribution in [3.8, 4) is 11.3 Å². The molecule has 0 aliphatic rings. The van der Waals surface area contributed by atoms with Crippen LogP contribution in [0.25, 0.3) is 11.3 Å². The standard InChI is InChI=1S/C19H11ClF4N4O3S/c20-13-7-12(28(30)31)5-6-14(13)25-17(29)9-32-18-26-15(8-16(27-18)19(22,23)24)10-1-3-11(21)4-2-10/h1-8H,9H2,(H,25,29). The van der Waals surface area contributed by atoms with E-state index in [4.69, 9.17) is 11.6 Å². The third-order valence-electron chi connectivity index (χ3n) is 3.91. The fourth-order valence-electron chi connectivity index (χ4n) is 2.44. The SMILES string of the molecule is O=C(CSc1nc(-c2ccc(F)cc2)cc(C(F)(F)F)n1)Nc1ccc([N+](=O)[O-])cc1Cl. The van der Waals surface area contributed by atoms with Crippen LogP contribution in [0.3, 0.4) is 0 Å². The van der Waals surface area contributed by atoms with Crippen molar-refractivity contribution in [2.24, 2.45) is 0 Å². The predicted molar refractivity (Wildman–Crippen MR) is 110 cm³/mol. The second-order valence-corrected chi connectivity index (χ2v) is 7.53. The molecule has 0 saturated heterocycles. The van der Waals surface area contributed by atoms with Crippen molar-refractivity contribution in [3.05, 3.63) is 75.2 Å². The van der Waals surface area contributed by atoms with Crippen LogP contribution in [0.2, 0.25) is 5.02 Å². The number of nitro benzene ring substituents is 1. The molecule has 166 valence electrons. The summed E-state index contributed by atoms with van der Waals surface area (Å²) in [6.45, 7) is 0. The van der Waals surface area contributed by atoms with Gasteiger partial charge >= 0.3 is 6.18 Å². The van der Waals surface area contributed by atoms with Gasteiger partial charge in [-0.1, -0.05) is 23.4 Å². The number of benzene rings is 2. The Labute approximate surface area is 187 Å². The average molecular weight is 487 g/mol. The summed E-state index contributed by atoms with van der Waals surface area (Å²) in [5.74, 6) is -1.57. The van der Waals surface area contributed by atoms with Crippen molar-refractivity contribution in [1.29, 1.82) is 0 Å². The predicted octanol–water partition coefficient (Wildman–Crippen LogP) is 5.59. The van der Waals surface area contributed by atoms with Crippen LogP contribution in [-0.2, 0) is 11.0 Å². The largest absolute Gasteiger partial charge is 0.433 e. The molecular weight excluding hydrogens is 476 g/mol. The summed E-state index contributed by atoms with van der Waals surface area (Å²) in [5, 5.41) is 12.8. The molecule has 0 unspecified atom stereocenters. The van der Waals surface area contributed by atoms with Crippen LogP contribution in [0.5, 0.6) is 0 Å². The summed E-state index contributed by atoms with van der Waals surface area (Å²) in [6.07, 6.45) is -4.76. The van der Waals surface area contributed by atoms with E-state index in [2.05, 4.69) is 15.3 Å². The molecule has 1 aromatic heterocycles. The van der Waals surface area contributed by atoms with Gasteiger partial charge in [0.2, 0.25) is 5.91 Å². The lowest BCUT2D eigenvalue weighted by atomic mass is 10.1. The summed E-state index contributed by atoms with van der Waals surface area (Å²) >= 11 is 6.55. The van der Waals surface area contributed by atoms with Gasteiger partial charge in [-0.25, -0.2) is 14.4 Å². The van der Waals surface area contributed by atoms with Crippen molar-refractivity contribution in [1.82, 2.24) is 9.97 Å². The van der Waals surface area contributed by atoms with Gasteiger partial charge in [0.1, 0.15) is 11.5 Å².